The van der Waals surface area contributed by atoms with Gasteiger partial charge in [0.15, 0.2) is 11.5 Å². The van der Waals surface area contributed by atoms with E-state index in [1.54, 1.807) is 44.6 Å². The molecule has 0 saturated heterocycles. The predicted octanol–water partition coefficient (Wildman–Crippen LogP) is 3.67. The molecule has 25 heavy (non-hydrogen) atoms. The molecular weight excluding hydrogens is 340 g/mol. The Morgan fingerprint density at radius 2 is 1.84 bits per heavy atom. The van der Waals surface area contributed by atoms with Gasteiger partial charge in [0.1, 0.15) is 6.04 Å². The minimum atomic E-state index is -0.699. The van der Waals surface area contributed by atoms with E-state index in [4.69, 9.17) is 21.1 Å². The number of hydrogen-bond donors (Lipinski definition) is 1. The van der Waals surface area contributed by atoms with Gasteiger partial charge >= 0.3 is 0 Å². The first kappa shape index (κ1) is 18.6. The number of carbonyl (C=O) groups excluding carboxylic acids is 1. The first-order valence-corrected chi connectivity index (χ1v) is 8.10. The highest BCUT2D eigenvalue weighted by Gasteiger charge is 2.14. The van der Waals surface area contributed by atoms with Gasteiger partial charge in [-0.15, -0.1) is 0 Å². The number of nitrogens with zero attached hydrogens (tertiary/aromatic N) is 1. The Kier molecular flexibility index (Phi) is 6.67. The van der Waals surface area contributed by atoms with Crippen molar-refractivity contribution in [2.75, 3.05) is 14.2 Å². The molecule has 0 saturated carbocycles. The van der Waals surface area contributed by atoms with Gasteiger partial charge in [-0.1, -0.05) is 29.8 Å². The van der Waals surface area contributed by atoms with Crippen molar-refractivity contribution in [1.82, 2.24) is 5.32 Å². The Balaban J connectivity index is 1.95. The molecule has 0 aromatic heterocycles. The zero-order valence-electron chi connectivity index (χ0n) is 14.1. The number of nitrogens with one attached hydrogen (secondary N) is 1. The van der Waals surface area contributed by atoms with Crippen molar-refractivity contribution in [2.24, 2.45) is 0 Å². The predicted molar refractivity (Wildman–Crippen MR) is 95.8 cm³/mol. The maximum atomic E-state index is 12.2. The van der Waals surface area contributed by atoms with Crippen LogP contribution in [0.3, 0.4) is 0 Å². The van der Waals surface area contributed by atoms with E-state index < -0.39 is 6.04 Å². The first-order chi connectivity index (χ1) is 12.1. The van der Waals surface area contributed by atoms with Gasteiger partial charge in [-0.25, -0.2) is 0 Å². The zero-order chi connectivity index (χ0) is 18.2. The van der Waals surface area contributed by atoms with E-state index in [1.807, 2.05) is 12.1 Å². The molecule has 0 heterocycles. The van der Waals surface area contributed by atoms with Gasteiger partial charge < -0.3 is 14.8 Å². The fraction of sp³-hybridized carbons (Fsp3) is 0.263. The zero-order valence-corrected chi connectivity index (χ0v) is 14.8. The van der Waals surface area contributed by atoms with E-state index in [1.165, 1.54) is 0 Å². The van der Waals surface area contributed by atoms with Crippen molar-refractivity contribution < 1.29 is 14.3 Å². The molecule has 1 amide bonds. The van der Waals surface area contributed by atoms with Crippen LogP contribution in [0.4, 0.5) is 0 Å². The summed E-state index contributed by atoms with van der Waals surface area (Å²) in [4.78, 5) is 12.2. The van der Waals surface area contributed by atoms with Gasteiger partial charge in [-0.2, -0.15) is 5.26 Å². The second-order valence-corrected chi connectivity index (χ2v) is 5.81. The third-order valence-electron chi connectivity index (χ3n) is 3.73. The molecular formula is C19H19ClN2O3. The Hall–Kier alpha value is -2.71. The van der Waals surface area contributed by atoms with Crippen LogP contribution in [0.5, 0.6) is 11.5 Å². The number of methoxy groups -OCH3 is 2. The number of aryl methyl sites for hydroxylation is 1. The fourth-order valence-corrected chi connectivity index (χ4v) is 2.50. The average molecular weight is 359 g/mol. The number of carbonyl (C=O) groups is 1. The number of ether oxygens (including phenoxy) is 2. The molecule has 2 aromatic carbocycles. The SMILES string of the molecule is COc1ccc(CCC(=O)NC(C#N)c2ccc(Cl)cc2)cc1OC. The second kappa shape index (κ2) is 8.95. The number of halogens is 1. The summed E-state index contributed by atoms with van der Waals surface area (Å²) in [6, 6.07) is 13.8. The molecule has 0 aliphatic heterocycles. The van der Waals surface area contributed by atoms with E-state index >= 15 is 0 Å². The lowest BCUT2D eigenvalue weighted by atomic mass is 10.1. The normalized spacial score (nSPS) is 11.3. The summed E-state index contributed by atoms with van der Waals surface area (Å²) in [5.41, 5.74) is 1.65. The Morgan fingerprint density at radius 1 is 1.16 bits per heavy atom. The van der Waals surface area contributed by atoms with E-state index in [0.29, 0.717) is 28.5 Å². The minimum Gasteiger partial charge on any atom is -0.493 e. The number of rotatable bonds is 7. The molecule has 0 aliphatic rings. The summed E-state index contributed by atoms with van der Waals surface area (Å²) < 4.78 is 10.4. The maximum absolute atomic E-state index is 12.2. The van der Waals surface area contributed by atoms with Crippen molar-refractivity contribution in [2.45, 2.75) is 18.9 Å². The van der Waals surface area contributed by atoms with Crippen molar-refractivity contribution in [3.05, 3.63) is 58.6 Å². The summed E-state index contributed by atoms with van der Waals surface area (Å²) in [7, 11) is 3.14. The van der Waals surface area contributed by atoms with Crippen molar-refractivity contribution in [1.29, 1.82) is 5.26 Å². The van der Waals surface area contributed by atoms with E-state index in [9.17, 15) is 10.1 Å². The molecule has 130 valence electrons. The lowest BCUT2D eigenvalue weighted by molar-refractivity contribution is -0.121. The summed E-state index contributed by atoms with van der Waals surface area (Å²) in [6.45, 7) is 0. The van der Waals surface area contributed by atoms with Gasteiger partial charge in [-0.3, -0.25) is 4.79 Å². The van der Waals surface area contributed by atoms with Gasteiger partial charge in [0, 0.05) is 11.4 Å². The molecule has 2 rings (SSSR count). The van der Waals surface area contributed by atoms with Crippen LogP contribution in [0.1, 0.15) is 23.6 Å². The van der Waals surface area contributed by atoms with Crippen LogP contribution >= 0.6 is 11.6 Å². The molecule has 0 fully saturated rings. The lowest BCUT2D eigenvalue weighted by Gasteiger charge is -2.13. The average Bonchev–Trinajstić information content (AvgIpc) is 2.64. The molecule has 5 nitrogen and oxygen atoms in total. The largest absolute Gasteiger partial charge is 0.493 e. The maximum Gasteiger partial charge on any atom is 0.221 e. The van der Waals surface area contributed by atoms with Crippen LogP contribution in [-0.4, -0.2) is 20.1 Å². The monoisotopic (exact) mass is 358 g/mol. The van der Waals surface area contributed by atoms with Crippen LogP contribution in [-0.2, 0) is 11.2 Å². The van der Waals surface area contributed by atoms with Crippen LogP contribution < -0.4 is 14.8 Å². The molecule has 0 bridgehead atoms. The van der Waals surface area contributed by atoms with Gasteiger partial charge in [0.25, 0.3) is 0 Å². The van der Waals surface area contributed by atoms with E-state index in [0.717, 1.165) is 5.56 Å². The third kappa shape index (κ3) is 5.13. The highest BCUT2D eigenvalue weighted by molar-refractivity contribution is 6.30. The molecule has 2 aromatic rings. The Morgan fingerprint density at radius 3 is 2.44 bits per heavy atom. The first-order valence-electron chi connectivity index (χ1n) is 7.72. The van der Waals surface area contributed by atoms with Gasteiger partial charge in [0.05, 0.1) is 20.3 Å². The minimum absolute atomic E-state index is 0.198. The number of benzene rings is 2. The van der Waals surface area contributed by atoms with Gasteiger partial charge in [0.2, 0.25) is 5.91 Å². The summed E-state index contributed by atoms with van der Waals surface area (Å²) in [6.07, 6.45) is 0.798. The highest BCUT2D eigenvalue weighted by Crippen LogP contribution is 2.28. The lowest BCUT2D eigenvalue weighted by Crippen LogP contribution is -2.27. The van der Waals surface area contributed by atoms with E-state index in [-0.39, 0.29) is 12.3 Å². The standard InChI is InChI=1S/C19H19ClN2O3/c1-24-17-9-3-13(11-18(17)25-2)4-10-19(23)22-16(12-21)14-5-7-15(20)8-6-14/h3,5-9,11,16H,4,10H2,1-2H3,(H,22,23). The number of hydrogen-bond acceptors (Lipinski definition) is 4. The van der Waals surface area contributed by atoms with Crippen molar-refractivity contribution >= 4 is 17.5 Å². The molecule has 0 spiro atoms. The number of nitriles is 1. The molecule has 0 radical (unpaired) electrons. The van der Waals surface area contributed by atoms with Gasteiger partial charge in [-0.05, 0) is 41.8 Å². The topological polar surface area (TPSA) is 71.3 Å². The van der Waals surface area contributed by atoms with Crippen LogP contribution in [0, 0.1) is 11.3 Å². The molecule has 1 unspecified atom stereocenters. The number of amides is 1. The smallest absolute Gasteiger partial charge is 0.221 e. The Bertz CT molecular complexity index is 769. The quantitative estimate of drug-likeness (QED) is 0.819. The van der Waals surface area contributed by atoms with Crippen LogP contribution in [0.15, 0.2) is 42.5 Å². The summed E-state index contributed by atoms with van der Waals surface area (Å²) in [5, 5.41) is 12.6. The fourth-order valence-electron chi connectivity index (χ4n) is 2.37. The molecule has 1 atom stereocenters. The van der Waals surface area contributed by atoms with Crippen molar-refractivity contribution in [3.63, 3.8) is 0 Å². The van der Waals surface area contributed by atoms with Crippen LogP contribution in [0.25, 0.3) is 0 Å². The molecule has 6 heteroatoms. The molecule has 1 N–H and O–H groups in total. The second-order valence-electron chi connectivity index (χ2n) is 5.37. The Labute approximate surface area is 152 Å². The third-order valence-corrected chi connectivity index (χ3v) is 3.98. The summed E-state index contributed by atoms with van der Waals surface area (Å²) in [5.74, 6) is 1.07. The molecule has 0 aliphatic carbocycles. The van der Waals surface area contributed by atoms with Crippen LogP contribution in [0.2, 0.25) is 5.02 Å². The highest BCUT2D eigenvalue weighted by atomic mass is 35.5. The van der Waals surface area contributed by atoms with E-state index in [2.05, 4.69) is 11.4 Å². The van der Waals surface area contributed by atoms with Crippen molar-refractivity contribution in [3.8, 4) is 17.6 Å². The summed E-state index contributed by atoms with van der Waals surface area (Å²) >= 11 is 5.84.